The van der Waals surface area contributed by atoms with Gasteiger partial charge in [-0.25, -0.2) is 9.97 Å². The van der Waals surface area contributed by atoms with Gasteiger partial charge < -0.3 is 10.2 Å². The van der Waals surface area contributed by atoms with E-state index in [9.17, 15) is 0 Å². The Balaban J connectivity index is 1.74. The monoisotopic (exact) mass is 302 g/mol. The molecular weight excluding hydrogens is 280 g/mol. The largest absolute Gasteiger partial charge is 0.354 e. The average molecular weight is 302 g/mol. The smallest absolute Gasteiger partial charge is 0.132 e. The Kier molecular flexibility index (Phi) is 4.51. The summed E-state index contributed by atoms with van der Waals surface area (Å²) in [6.45, 7) is 5.23. The summed E-state index contributed by atoms with van der Waals surface area (Å²) < 4.78 is 0. The zero-order valence-electron chi connectivity index (χ0n) is 12.7. The number of nitrogens with zero attached hydrogens (tertiary/aromatic N) is 3. The highest BCUT2D eigenvalue weighted by Gasteiger charge is 2.17. The summed E-state index contributed by atoms with van der Waals surface area (Å²) in [5.41, 5.74) is 2.53. The molecule has 1 aliphatic rings. The summed E-state index contributed by atoms with van der Waals surface area (Å²) in [6.07, 6.45) is 4.16. The van der Waals surface area contributed by atoms with Crippen LogP contribution >= 0.6 is 11.3 Å². The molecule has 2 aromatic rings. The van der Waals surface area contributed by atoms with Crippen LogP contribution in [0.2, 0.25) is 0 Å². The standard InChI is InChI=1S/C16H22N4S/c1-12-5-7-21-15(12)10-20(2)16-8-14(18-11-19-16)13-4-3-6-17-9-13/h5,7-8,11,13,17H,3-4,6,9-10H2,1-2H3/t13-/m1/s1. The Morgan fingerprint density at radius 1 is 1.43 bits per heavy atom. The molecule has 0 aromatic carbocycles. The van der Waals surface area contributed by atoms with Crippen molar-refractivity contribution in [3.8, 4) is 0 Å². The van der Waals surface area contributed by atoms with Crippen LogP contribution in [0.3, 0.4) is 0 Å². The predicted molar refractivity (Wildman–Crippen MR) is 88.0 cm³/mol. The fourth-order valence-corrected chi connectivity index (χ4v) is 3.72. The van der Waals surface area contributed by atoms with Crippen molar-refractivity contribution < 1.29 is 0 Å². The number of aryl methyl sites for hydroxylation is 1. The molecule has 0 spiro atoms. The first-order valence-corrected chi connectivity index (χ1v) is 8.39. The lowest BCUT2D eigenvalue weighted by Crippen LogP contribution is -2.29. The third kappa shape index (κ3) is 3.41. The molecule has 0 saturated carbocycles. The van der Waals surface area contributed by atoms with E-state index < -0.39 is 0 Å². The van der Waals surface area contributed by atoms with Crippen LogP contribution in [0.4, 0.5) is 5.82 Å². The molecule has 2 aromatic heterocycles. The highest BCUT2D eigenvalue weighted by Crippen LogP contribution is 2.25. The van der Waals surface area contributed by atoms with Gasteiger partial charge in [0, 0.05) is 30.5 Å². The van der Waals surface area contributed by atoms with Crippen LogP contribution in [0, 0.1) is 6.92 Å². The Morgan fingerprint density at radius 2 is 2.33 bits per heavy atom. The molecule has 21 heavy (non-hydrogen) atoms. The van der Waals surface area contributed by atoms with Crippen molar-refractivity contribution in [2.45, 2.75) is 32.2 Å². The number of rotatable bonds is 4. The molecule has 3 rings (SSSR count). The van der Waals surface area contributed by atoms with Crippen LogP contribution in [0.1, 0.15) is 34.9 Å². The molecule has 1 saturated heterocycles. The Hall–Kier alpha value is -1.46. The maximum atomic E-state index is 4.48. The van der Waals surface area contributed by atoms with E-state index in [1.165, 1.54) is 29.0 Å². The van der Waals surface area contributed by atoms with E-state index in [1.54, 1.807) is 6.33 Å². The zero-order chi connectivity index (χ0) is 14.7. The topological polar surface area (TPSA) is 41.0 Å². The number of nitrogens with one attached hydrogen (secondary N) is 1. The minimum absolute atomic E-state index is 0.525. The third-order valence-corrected chi connectivity index (χ3v) is 5.14. The molecule has 0 amide bonds. The van der Waals surface area contributed by atoms with Crippen LogP contribution < -0.4 is 10.2 Å². The summed E-state index contributed by atoms with van der Waals surface area (Å²) in [4.78, 5) is 12.5. The highest BCUT2D eigenvalue weighted by atomic mass is 32.1. The second kappa shape index (κ2) is 6.54. The van der Waals surface area contributed by atoms with Gasteiger partial charge in [0.2, 0.25) is 0 Å². The average Bonchev–Trinajstić information content (AvgIpc) is 2.93. The summed E-state index contributed by atoms with van der Waals surface area (Å²) in [5, 5.41) is 5.60. The van der Waals surface area contributed by atoms with Gasteiger partial charge in [-0.05, 0) is 43.3 Å². The van der Waals surface area contributed by atoms with E-state index >= 15 is 0 Å². The molecule has 5 heteroatoms. The molecule has 3 heterocycles. The summed E-state index contributed by atoms with van der Waals surface area (Å²) in [7, 11) is 2.10. The molecule has 0 bridgehead atoms. The fourth-order valence-electron chi connectivity index (χ4n) is 2.76. The summed E-state index contributed by atoms with van der Waals surface area (Å²) in [6, 6.07) is 4.33. The number of hydrogen-bond acceptors (Lipinski definition) is 5. The van der Waals surface area contributed by atoms with E-state index in [0.717, 1.165) is 25.5 Å². The predicted octanol–water partition coefficient (Wildman–Crippen LogP) is 2.95. The SMILES string of the molecule is Cc1ccsc1CN(C)c1cc([C@@H]2CCCNC2)ncn1. The molecule has 0 radical (unpaired) electrons. The lowest BCUT2D eigenvalue weighted by Gasteiger charge is -2.24. The lowest BCUT2D eigenvalue weighted by atomic mass is 9.96. The lowest BCUT2D eigenvalue weighted by molar-refractivity contribution is 0.454. The molecule has 1 aliphatic heterocycles. The van der Waals surface area contributed by atoms with Crippen molar-refractivity contribution in [2.24, 2.45) is 0 Å². The van der Waals surface area contributed by atoms with Gasteiger partial charge in [0.05, 0.1) is 12.2 Å². The molecule has 0 aliphatic carbocycles. The van der Waals surface area contributed by atoms with Crippen molar-refractivity contribution in [3.63, 3.8) is 0 Å². The number of piperidine rings is 1. The van der Waals surface area contributed by atoms with Crippen molar-refractivity contribution in [2.75, 3.05) is 25.0 Å². The number of thiophene rings is 1. The van der Waals surface area contributed by atoms with Gasteiger partial charge in [-0.2, -0.15) is 0 Å². The number of anilines is 1. The first-order chi connectivity index (χ1) is 10.2. The first kappa shape index (κ1) is 14.5. The van der Waals surface area contributed by atoms with Crippen molar-refractivity contribution in [1.82, 2.24) is 15.3 Å². The van der Waals surface area contributed by atoms with Crippen LogP contribution in [-0.2, 0) is 6.54 Å². The second-order valence-electron chi connectivity index (χ2n) is 5.73. The quantitative estimate of drug-likeness (QED) is 0.943. The van der Waals surface area contributed by atoms with Gasteiger partial charge >= 0.3 is 0 Å². The minimum atomic E-state index is 0.525. The van der Waals surface area contributed by atoms with Crippen LogP contribution in [0.25, 0.3) is 0 Å². The van der Waals surface area contributed by atoms with E-state index in [4.69, 9.17) is 0 Å². The van der Waals surface area contributed by atoms with E-state index in [2.05, 4.69) is 51.7 Å². The van der Waals surface area contributed by atoms with Gasteiger partial charge in [-0.15, -0.1) is 11.3 Å². The molecule has 4 nitrogen and oxygen atoms in total. The van der Waals surface area contributed by atoms with E-state index in [1.807, 2.05) is 11.3 Å². The zero-order valence-corrected chi connectivity index (χ0v) is 13.5. The maximum absolute atomic E-state index is 4.48. The Labute approximate surface area is 130 Å². The van der Waals surface area contributed by atoms with Gasteiger partial charge in [0.25, 0.3) is 0 Å². The number of aromatic nitrogens is 2. The summed E-state index contributed by atoms with van der Waals surface area (Å²) in [5.74, 6) is 1.54. The molecule has 1 N–H and O–H groups in total. The van der Waals surface area contributed by atoms with Gasteiger partial charge in [0.1, 0.15) is 12.1 Å². The summed E-state index contributed by atoms with van der Waals surface area (Å²) >= 11 is 1.81. The van der Waals surface area contributed by atoms with E-state index in [-0.39, 0.29) is 0 Å². The van der Waals surface area contributed by atoms with Gasteiger partial charge in [-0.1, -0.05) is 0 Å². The molecule has 1 fully saturated rings. The molecule has 0 unspecified atom stereocenters. The van der Waals surface area contributed by atoms with Gasteiger partial charge in [-0.3, -0.25) is 0 Å². The van der Waals surface area contributed by atoms with E-state index in [0.29, 0.717) is 5.92 Å². The normalized spacial score (nSPS) is 18.7. The molecule has 112 valence electrons. The molecule has 1 atom stereocenters. The van der Waals surface area contributed by atoms with Crippen molar-refractivity contribution in [1.29, 1.82) is 0 Å². The Bertz CT molecular complexity index is 589. The Morgan fingerprint density at radius 3 is 3.05 bits per heavy atom. The first-order valence-electron chi connectivity index (χ1n) is 7.51. The maximum Gasteiger partial charge on any atom is 0.132 e. The van der Waals surface area contributed by atoms with Crippen LogP contribution in [0.5, 0.6) is 0 Å². The third-order valence-electron chi connectivity index (χ3n) is 4.13. The van der Waals surface area contributed by atoms with Crippen LogP contribution in [0.15, 0.2) is 23.8 Å². The second-order valence-corrected chi connectivity index (χ2v) is 6.73. The van der Waals surface area contributed by atoms with Crippen molar-refractivity contribution >= 4 is 17.2 Å². The highest BCUT2D eigenvalue weighted by molar-refractivity contribution is 7.10. The van der Waals surface area contributed by atoms with Gasteiger partial charge in [0.15, 0.2) is 0 Å². The molecular formula is C16H22N4S. The number of hydrogen-bond donors (Lipinski definition) is 1. The minimum Gasteiger partial charge on any atom is -0.354 e. The van der Waals surface area contributed by atoms with Crippen molar-refractivity contribution in [3.05, 3.63) is 40.0 Å². The van der Waals surface area contributed by atoms with Crippen LogP contribution in [-0.4, -0.2) is 30.1 Å². The fraction of sp³-hybridized carbons (Fsp3) is 0.500.